The number of carbonyl (C=O) groups is 1. The largest absolute Gasteiger partial charge is 0.479 e. The van der Waals surface area contributed by atoms with Gasteiger partial charge in [0.05, 0.1) is 23.8 Å². The van der Waals surface area contributed by atoms with E-state index in [1.54, 1.807) is 13.8 Å². The molecular weight excluding hydrogens is 518 g/mol. The summed E-state index contributed by atoms with van der Waals surface area (Å²) in [6, 6.07) is 11.2. The van der Waals surface area contributed by atoms with Crippen molar-refractivity contribution < 1.29 is 19.4 Å². The van der Waals surface area contributed by atoms with Gasteiger partial charge in [-0.25, -0.2) is 9.78 Å². The molecule has 0 spiro atoms. The molecular formula is C32H45N5O4. The number of aliphatic carboxylic acids is 1. The highest BCUT2D eigenvalue weighted by Gasteiger charge is 2.33. The third-order valence-corrected chi connectivity index (χ3v) is 8.55. The minimum atomic E-state index is -1.17. The second-order valence-corrected chi connectivity index (χ2v) is 12.4. The minimum absolute atomic E-state index is 0.0939. The van der Waals surface area contributed by atoms with Crippen LogP contribution in [-0.2, 0) is 20.7 Å². The highest BCUT2D eigenvalue weighted by molar-refractivity contribution is 5.76. The van der Waals surface area contributed by atoms with Crippen LogP contribution in [0.15, 0.2) is 30.5 Å². The molecule has 3 N–H and O–H groups in total. The molecule has 2 aliphatic rings. The summed E-state index contributed by atoms with van der Waals surface area (Å²) >= 11 is 0. The summed E-state index contributed by atoms with van der Waals surface area (Å²) in [6.45, 7) is 9.47. The van der Waals surface area contributed by atoms with Crippen LogP contribution < -0.4 is 10.6 Å². The molecule has 0 aromatic carbocycles. The van der Waals surface area contributed by atoms with Crippen LogP contribution in [-0.4, -0.2) is 65.1 Å². The Morgan fingerprint density at radius 2 is 2.00 bits per heavy atom. The lowest BCUT2D eigenvalue weighted by atomic mass is 9.82. The SMILES string of the molecule is Cc1cnc(CC2CCC(N[C@H](C)COC(C)(C)C(=O)O)CC2)cc1-c1cccc(NCC2(C#N)CCOCC2)n1. The van der Waals surface area contributed by atoms with Gasteiger partial charge in [0, 0.05) is 49.3 Å². The maximum absolute atomic E-state index is 11.3. The molecule has 9 nitrogen and oxygen atoms in total. The van der Waals surface area contributed by atoms with Crippen molar-refractivity contribution in [1.29, 1.82) is 5.26 Å². The third kappa shape index (κ3) is 8.48. The van der Waals surface area contributed by atoms with Gasteiger partial charge in [-0.2, -0.15) is 5.26 Å². The van der Waals surface area contributed by atoms with E-state index in [9.17, 15) is 15.2 Å². The van der Waals surface area contributed by atoms with Crippen molar-refractivity contribution in [3.05, 3.63) is 41.7 Å². The van der Waals surface area contributed by atoms with E-state index in [2.05, 4.69) is 29.7 Å². The molecule has 0 amide bonds. The van der Waals surface area contributed by atoms with Crippen LogP contribution in [0.1, 0.15) is 70.6 Å². The van der Waals surface area contributed by atoms with Crippen LogP contribution in [0.4, 0.5) is 5.82 Å². The Kier molecular flexibility index (Phi) is 10.3. The summed E-state index contributed by atoms with van der Waals surface area (Å²) in [5, 5.41) is 26.1. The summed E-state index contributed by atoms with van der Waals surface area (Å²) in [4.78, 5) is 20.9. The van der Waals surface area contributed by atoms with Gasteiger partial charge in [0.2, 0.25) is 0 Å². The highest BCUT2D eigenvalue weighted by atomic mass is 16.5. The topological polar surface area (TPSA) is 129 Å². The van der Waals surface area contributed by atoms with Crippen molar-refractivity contribution in [2.24, 2.45) is 11.3 Å². The predicted octanol–water partition coefficient (Wildman–Crippen LogP) is 5.14. The van der Waals surface area contributed by atoms with Gasteiger partial charge >= 0.3 is 5.97 Å². The van der Waals surface area contributed by atoms with Gasteiger partial charge in [0.25, 0.3) is 0 Å². The van der Waals surface area contributed by atoms with Crippen LogP contribution in [0.5, 0.6) is 0 Å². The molecule has 2 fully saturated rings. The van der Waals surface area contributed by atoms with E-state index in [1.807, 2.05) is 31.3 Å². The number of pyridine rings is 2. The minimum Gasteiger partial charge on any atom is -0.479 e. The summed E-state index contributed by atoms with van der Waals surface area (Å²) in [6.07, 6.45) is 8.78. The van der Waals surface area contributed by atoms with E-state index in [0.29, 0.717) is 38.3 Å². The molecule has 1 saturated carbocycles. The predicted molar refractivity (Wildman–Crippen MR) is 159 cm³/mol. The monoisotopic (exact) mass is 563 g/mol. The van der Waals surface area contributed by atoms with Gasteiger partial charge in [-0.15, -0.1) is 0 Å². The molecule has 1 saturated heterocycles. The standard InChI is InChI=1S/C32H45N5O4/c1-22-18-34-26(16-24-8-10-25(11-9-24)36-23(2)19-41-31(3,4)30(38)39)17-27(22)28-6-5-7-29(37-28)35-21-32(20-33)12-14-40-15-13-32/h5-7,17-18,23-25,36H,8-16,19,21H2,1-4H3,(H,35,37)(H,38,39)/t23-,24?,25?/m1/s1. The maximum atomic E-state index is 11.3. The van der Waals surface area contributed by atoms with Crippen molar-refractivity contribution >= 4 is 11.8 Å². The van der Waals surface area contributed by atoms with E-state index in [0.717, 1.165) is 73.3 Å². The Bertz CT molecular complexity index is 1210. The molecule has 1 aliphatic carbocycles. The number of carboxylic acids is 1. The Morgan fingerprint density at radius 3 is 2.68 bits per heavy atom. The highest BCUT2D eigenvalue weighted by Crippen LogP contribution is 2.31. The number of nitrogens with zero attached hydrogens (tertiary/aromatic N) is 3. The first-order valence-electron chi connectivity index (χ1n) is 14.9. The number of nitrogens with one attached hydrogen (secondary N) is 2. The van der Waals surface area contributed by atoms with Gasteiger partial charge in [0.15, 0.2) is 5.60 Å². The smallest absolute Gasteiger partial charge is 0.335 e. The molecule has 2 aromatic rings. The number of nitriles is 1. The first-order valence-corrected chi connectivity index (χ1v) is 14.9. The maximum Gasteiger partial charge on any atom is 0.335 e. The van der Waals surface area contributed by atoms with Gasteiger partial charge in [-0.1, -0.05) is 6.07 Å². The number of rotatable bonds is 12. The van der Waals surface area contributed by atoms with Crippen molar-refractivity contribution in [3.63, 3.8) is 0 Å². The fourth-order valence-electron chi connectivity index (χ4n) is 5.66. The summed E-state index contributed by atoms with van der Waals surface area (Å²) in [5.74, 6) is 0.409. The quantitative estimate of drug-likeness (QED) is 0.321. The van der Waals surface area contributed by atoms with Crippen molar-refractivity contribution in [3.8, 4) is 17.3 Å². The lowest BCUT2D eigenvalue weighted by Gasteiger charge is -2.32. The summed E-state index contributed by atoms with van der Waals surface area (Å²) in [7, 11) is 0. The fraction of sp³-hybridized carbons (Fsp3) is 0.625. The number of aryl methyl sites for hydroxylation is 1. The number of carboxylic acid groups (broad SMARTS) is 1. The van der Waals surface area contributed by atoms with E-state index in [4.69, 9.17) is 19.4 Å². The Morgan fingerprint density at radius 1 is 1.27 bits per heavy atom. The van der Waals surface area contributed by atoms with Crippen LogP contribution >= 0.6 is 0 Å². The summed E-state index contributed by atoms with van der Waals surface area (Å²) < 4.78 is 11.1. The average Bonchev–Trinajstić information content (AvgIpc) is 2.97. The molecule has 0 radical (unpaired) electrons. The van der Waals surface area contributed by atoms with E-state index in [-0.39, 0.29) is 6.04 Å². The average molecular weight is 564 g/mol. The van der Waals surface area contributed by atoms with E-state index in [1.165, 1.54) is 0 Å². The third-order valence-electron chi connectivity index (χ3n) is 8.55. The molecule has 1 atom stereocenters. The number of anilines is 1. The van der Waals surface area contributed by atoms with Crippen LogP contribution in [0.2, 0.25) is 0 Å². The molecule has 3 heterocycles. The second-order valence-electron chi connectivity index (χ2n) is 12.4. The zero-order valence-electron chi connectivity index (χ0n) is 24.9. The molecule has 1 aliphatic heterocycles. The zero-order chi connectivity index (χ0) is 29.5. The first-order chi connectivity index (χ1) is 19.6. The van der Waals surface area contributed by atoms with Gasteiger partial charge in [-0.05, 0) is 102 Å². The fourth-order valence-corrected chi connectivity index (χ4v) is 5.66. The van der Waals surface area contributed by atoms with Crippen molar-refractivity contribution in [1.82, 2.24) is 15.3 Å². The molecule has 2 aromatic heterocycles. The molecule has 0 unspecified atom stereocenters. The lowest BCUT2D eigenvalue weighted by Crippen LogP contribution is -2.44. The second kappa shape index (κ2) is 13.7. The number of aromatic nitrogens is 2. The van der Waals surface area contributed by atoms with Crippen molar-refractivity contribution in [2.75, 3.05) is 31.7 Å². The van der Waals surface area contributed by atoms with Crippen LogP contribution in [0, 0.1) is 29.6 Å². The molecule has 222 valence electrons. The van der Waals surface area contributed by atoms with Gasteiger partial charge in [-0.3, -0.25) is 4.98 Å². The Hall–Kier alpha value is -3.06. The van der Waals surface area contributed by atoms with Gasteiger partial charge in [0.1, 0.15) is 5.82 Å². The molecule has 41 heavy (non-hydrogen) atoms. The number of ether oxygens (including phenoxy) is 2. The summed E-state index contributed by atoms with van der Waals surface area (Å²) in [5.41, 5.74) is 2.59. The first kappa shape index (κ1) is 30.9. The van der Waals surface area contributed by atoms with E-state index >= 15 is 0 Å². The molecule has 4 rings (SSSR count). The van der Waals surface area contributed by atoms with Crippen LogP contribution in [0.25, 0.3) is 11.3 Å². The Labute approximate surface area is 244 Å². The van der Waals surface area contributed by atoms with Crippen LogP contribution in [0.3, 0.4) is 0 Å². The van der Waals surface area contributed by atoms with E-state index < -0.39 is 17.0 Å². The lowest BCUT2D eigenvalue weighted by molar-refractivity contribution is -0.161. The number of hydrogen-bond acceptors (Lipinski definition) is 8. The van der Waals surface area contributed by atoms with Crippen molar-refractivity contribution in [2.45, 2.75) is 90.3 Å². The Balaban J connectivity index is 1.30. The normalized spacial score (nSPS) is 21.5. The van der Waals surface area contributed by atoms with Gasteiger partial charge < -0.3 is 25.2 Å². The zero-order valence-corrected chi connectivity index (χ0v) is 24.9. The molecule has 0 bridgehead atoms. The molecule has 9 heteroatoms. The number of hydrogen-bond donors (Lipinski definition) is 3.